The molecule has 1 N–H and O–H groups in total. The van der Waals surface area contributed by atoms with Crippen LogP contribution in [0.15, 0.2) is 24.5 Å². The zero-order valence-electron chi connectivity index (χ0n) is 11.5. The molecule has 5 nitrogen and oxygen atoms in total. The summed E-state index contributed by atoms with van der Waals surface area (Å²) >= 11 is 0. The van der Waals surface area contributed by atoms with Crippen molar-refractivity contribution in [2.75, 3.05) is 6.54 Å². The fraction of sp³-hybridized carbons (Fsp3) is 0.308. The van der Waals surface area contributed by atoms with E-state index in [1.54, 1.807) is 11.5 Å². The number of carbonyl (C=O) groups is 1. The van der Waals surface area contributed by atoms with E-state index >= 15 is 0 Å². The Balaban J connectivity index is 2.03. The lowest BCUT2D eigenvalue weighted by atomic mass is 10.1. The van der Waals surface area contributed by atoms with E-state index in [9.17, 15) is 22.4 Å². The molecule has 0 fully saturated rings. The highest BCUT2D eigenvalue weighted by Gasteiger charge is 2.31. The van der Waals surface area contributed by atoms with Gasteiger partial charge >= 0.3 is 6.18 Å². The van der Waals surface area contributed by atoms with Crippen LogP contribution >= 0.6 is 0 Å². The van der Waals surface area contributed by atoms with Crippen molar-refractivity contribution >= 4 is 5.91 Å². The number of rotatable bonds is 4. The quantitative estimate of drug-likeness (QED) is 0.880. The minimum Gasteiger partial charge on any atom is -0.350 e. The van der Waals surface area contributed by atoms with Crippen LogP contribution in [0.4, 0.5) is 17.6 Å². The van der Waals surface area contributed by atoms with Gasteiger partial charge in [0.2, 0.25) is 0 Å². The summed E-state index contributed by atoms with van der Waals surface area (Å²) in [6.45, 7) is 2.22. The molecule has 0 spiro atoms. The largest absolute Gasteiger partial charge is 0.416 e. The number of benzene rings is 1. The third kappa shape index (κ3) is 3.80. The Labute approximate surface area is 123 Å². The Bertz CT molecular complexity index is 681. The van der Waals surface area contributed by atoms with E-state index in [-0.39, 0.29) is 12.1 Å². The molecule has 0 unspecified atom stereocenters. The number of nitrogens with one attached hydrogen (secondary N) is 1. The van der Waals surface area contributed by atoms with Crippen LogP contribution in [0.1, 0.15) is 21.7 Å². The predicted octanol–water partition coefficient (Wildman–Crippen LogP) is 2.17. The third-order valence-electron chi connectivity index (χ3n) is 2.93. The number of hydrogen-bond donors (Lipinski definition) is 1. The van der Waals surface area contributed by atoms with Gasteiger partial charge in [-0.3, -0.25) is 4.79 Å². The summed E-state index contributed by atoms with van der Waals surface area (Å²) < 4.78 is 52.6. The van der Waals surface area contributed by atoms with Gasteiger partial charge in [0.1, 0.15) is 18.0 Å². The standard InChI is InChI=1S/C13H12F4N4O/c1-8-20-19-7-21(8)3-2-18-12(22)9-4-10(13(15,16)17)6-11(14)5-9/h4-7H,2-3H2,1H3,(H,18,22). The highest BCUT2D eigenvalue weighted by Crippen LogP contribution is 2.30. The molecule has 1 heterocycles. The Kier molecular flexibility index (Phi) is 4.43. The Hall–Kier alpha value is -2.45. The molecule has 2 rings (SSSR count). The molecule has 0 atom stereocenters. The van der Waals surface area contributed by atoms with E-state index in [0.717, 1.165) is 6.07 Å². The van der Waals surface area contributed by atoms with Crippen molar-refractivity contribution in [3.05, 3.63) is 47.3 Å². The highest BCUT2D eigenvalue weighted by atomic mass is 19.4. The van der Waals surface area contributed by atoms with Crippen LogP contribution in [0.25, 0.3) is 0 Å². The fourth-order valence-corrected chi connectivity index (χ4v) is 1.81. The molecular weight excluding hydrogens is 304 g/mol. The first kappa shape index (κ1) is 15.9. The van der Waals surface area contributed by atoms with Crippen molar-refractivity contribution in [1.82, 2.24) is 20.1 Å². The molecule has 9 heteroatoms. The lowest BCUT2D eigenvalue weighted by Crippen LogP contribution is -2.27. The molecule has 22 heavy (non-hydrogen) atoms. The van der Waals surface area contributed by atoms with E-state index in [4.69, 9.17) is 0 Å². The molecule has 0 saturated carbocycles. The second kappa shape index (κ2) is 6.12. The summed E-state index contributed by atoms with van der Waals surface area (Å²) in [5.41, 5.74) is -1.58. The maximum Gasteiger partial charge on any atom is 0.416 e. The Morgan fingerprint density at radius 1 is 1.32 bits per heavy atom. The van der Waals surface area contributed by atoms with Crippen LogP contribution in [0.2, 0.25) is 0 Å². The van der Waals surface area contributed by atoms with Crippen molar-refractivity contribution in [2.24, 2.45) is 0 Å². The maximum atomic E-state index is 13.2. The lowest BCUT2D eigenvalue weighted by Gasteiger charge is -2.10. The summed E-state index contributed by atoms with van der Waals surface area (Å²) in [7, 11) is 0. The van der Waals surface area contributed by atoms with Gasteiger partial charge in [-0.2, -0.15) is 13.2 Å². The molecule has 0 saturated heterocycles. The average molecular weight is 316 g/mol. The molecule has 0 radical (unpaired) electrons. The number of carbonyl (C=O) groups excluding carboxylic acids is 1. The molecular formula is C13H12F4N4O. The van der Waals surface area contributed by atoms with E-state index in [0.29, 0.717) is 24.5 Å². The molecule has 1 aromatic heterocycles. The minimum atomic E-state index is -4.71. The van der Waals surface area contributed by atoms with Crippen LogP contribution in [-0.4, -0.2) is 27.2 Å². The van der Waals surface area contributed by atoms with Gasteiger partial charge in [-0.1, -0.05) is 0 Å². The van der Waals surface area contributed by atoms with Gasteiger partial charge in [-0.15, -0.1) is 10.2 Å². The number of amides is 1. The van der Waals surface area contributed by atoms with Crippen molar-refractivity contribution in [3.8, 4) is 0 Å². The molecule has 0 aliphatic carbocycles. The lowest BCUT2D eigenvalue weighted by molar-refractivity contribution is -0.137. The molecule has 1 amide bonds. The monoisotopic (exact) mass is 316 g/mol. The smallest absolute Gasteiger partial charge is 0.350 e. The Morgan fingerprint density at radius 2 is 2.05 bits per heavy atom. The van der Waals surface area contributed by atoms with Crippen LogP contribution in [-0.2, 0) is 12.7 Å². The van der Waals surface area contributed by atoms with E-state index < -0.39 is 23.5 Å². The van der Waals surface area contributed by atoms with E-state index in [1.807, 2.05) is 0 Å². The first-order valence-electron chi connectivity index (χ1n) is 6.28. The predicted molar refractivity (Wildman–Crippen MR) is 68.5 cm³/mol. The molecule has 2 aromatic rings. The van der Waals surface area contributed by atoms with Gasteiger partial charge in [0.15, 0.2) is 0 Å². The summed E-state index contributed by atoms with van der Waals surface area (Å²) in [6.07, 6.45) is -3.25. The topological polar surface area (TPSA) is 59.8 Å². The van der Waals surface area contributed by atoms with E-state index in [1.165, 1.54) is 6.33 Å². The third-order valence-corrected chi connectivity index (χ3v) is 2.93. The van der Waals surface area contributed by atoms with Crippen LogP contribution in [0.5, 0.6) is 0 Å². The van der Waals surface area contributed by atoms with Gasteiger partial charge in [0, 0.05) is 18.7 Å². The summed E-state index contributed by atoms with van der Waals surface area (Å²) in [5, 5.41) is 9.82. The second-order valence-electron chi connectivity index (χ2n) is 4.55. The first-order chi connectivity index (χ1) is 10.3. The first-order valence-corrected chi connectivity index (χ1v) is 6.28. The van der Waals surface area contributed by atoms with Gasteiger partial charge < -0.3 is 9.88 Å². The fourth-order valence-electron chi connectivity index (χ4n) is 1.81. The van der Waals surface area contributed by atoms with Crippen molar-refractivity contribution in [1.29, 1.82) is 0 Å². The Morgan fingerprint density at radius 3 is 2.64 bits per heavy atom. The van der Waals surface area contributed by atoms with Gasteiger partial charge in [0.25, 0.3) is 5.91 Å². The molecule has 118 valence electrons. The number of aromatic nitrogens is 3. The van der Waals surface area contributed by atoms with Gasteiger partial charge in [0.05, 0.1) is 5.56 Å². The second-order valence-corrected chi connectivity index (χ2v) is 4.55. The van der Waals surface area contributed by atoms with Crippen molar-refractivity contribution in [2.45, 2.75) is 19.6 Å². The van der Waals surface area contributed by atoms with Gasteiger partial charge in [-0.05, 0) is 25.1 Å². The number of aryl methyl sites for hydroxylation is 1. The summed E-state index contributed by atoms with van der Waals surface area (Å²) in [4.78, 5) is 11.8. The number of alkyl halides is 3. The van der Waals surface area contributed by atoms with Crippen molar-refractivity contribution in [3.63, 3.8) is 0 Å². The summed E-state index contributed by atoms with van der Waals surface area (Å²) in [5.74, 6) is -1.26. The molecule has 0 bridgehead atoms. The number of halogens is 4. The molecule has 1 aromatic carbocycles. The number of nitrogens with zero attached hydrogens (tertiary/aromatic N) is 3. The van der Waals surface area contributed by atoms with Crippen LogP contribution < -0.4 is 5.32 Å². The molecule has 0 aliphatic heterocycles. The van der Waals surface area contributed by atoms with Crippen LogP contribution in [0.3, 0.4) is 0 Å². The number of hydrogen-bond acceptors (Lipinski definition) is 3. The van der Waals surface area contributed by atoms with Gasteiger partial charge in [-0.25, -0.2) is 4.39 Å². The minimum absolute atomic E-state index is 0.148. The maximum absolute atomic E-state index is 13.2. The van der Waals surface area contributed by atoms with E-state index in [2.05, 4.69) is 15.5 Å². The van der Waals surface area contributed by atoms with Crippen molar-refractivity contribution < 1.29 is 22.4 Å². The zero-order valence-corrected chi connectivity index (χ0v) is 11.5. The zero-order chi connectivity index (χ0) is 16.3. The normalized spacial score (nSPS) is 11.5. The summed E-state index contributed by atoms with van der Waals surface area (Å²) in [6, 6.07) is 1.72. The van der Waals surface area contributed by atoms with Crippen LogP contribution in [0, 0.1) is 12.7 Å². The highest BCUT2D eigenvalue weighted by molar-refractivity contribution is 5.94. The molecule has 0 aliphatic rings. The average Bonchev–Trinajstić information content (AvgIpc) is 2.82. The SMILES string of the molecule is Cc1nncn1CCNC(=O)c1cc(F)cc(C(F)(F)F)c1.